The van der Waals surface area contributed by atoms with E-state index in [4.69, 9.17) is 4.74 Å². The van der Waals surface area contributed by atoms with Crippen molar-refractivity contribution in [2.75, 3.05) is 25.5 Å². The molecule has 1 aliphatic rings. The third-order valence-corrected chi connectivity index (χ3v) is 5.05. The molecule has 1 heterocycles. The largest absolute Gasteiger partial charge is 0.497 e. The van der Waals surface area contributed by atoms with Crippen molar-refractivity contribution in [3.63, 3.8) is 0 Å². The molecule has 3 rings (SSSR count). The maximum absolute atomic E-state index is 13.1. The lowest BCUT2D eigenvalue weighted by atomic mass is 10.1. The Kier molecular flexibility index (Phi) is 6.66. The molecule has 0 aromatic heterocycles. The molecule has 30 heavy (non-hydrogen) atoms. The molecule has 2 aromatic rings. The summed E-state index contributed by atoms with van der Waals surface area (Å²) in [5.74, 6) is -1.42. The number of piperazine rings is 1. The Balaban J connectivity index is 1.65. The van der Waals surface area contributed by atoms with E-state index in [1.807, 2.05) is 0 Å². The molecule has 0 spiro atoms. The highest BCUT2D eigenvalue weighted by Crippen LogP contribution is 2.19. The second-order valence-electron chi connectivity index (χ2n) is 6.99. The van der Waals surface area contributed by atoms with Gasteiger partial charge in [-0.2, -0.15) is 0 Å². The predicted molar refractivity (Wildman–Crippen MR) is 109 cm³/mol. The minimum absolute atomic E-state index is 0.216. The number of nitrogens with zero attached hydrogens (tertiary/aromatic N) is 2. The summed E-state index contributed by atoms with van der Waals surface area (Å²) in [5, 5.41) is 2.78. The summed E-state index contributed by atoms with van der Waals surface area (Å²) in [6.07, 6.45) is 0.374. The summed E-state index contributed by atoms with van der Waals surface area (Å²) in [5.41, 5.74) is 1.31. The minimum atomic E-state index is -0.753. The van der Waals surface area contributed by atoms with Crippen LogP contribution in [-0.2, 0) is 20.9 Å². The highest BCUT2D eigenvalue weighted by Gasteiger charge is 2.38. The Bertz CT molecular complexity index is 915. The van der Waals surface area contributed by atoms with Crippen molar-refractivity contribution in [3.05, 3.63) is 59.9 Å². The molecule has 8 heteroatoms. The van der Waals surface area contributed by atoms with Crippen molar-refractivity contribution in [1.29, 1.82) is 0 Å². The molecule has 0 unspecified atom stereocenters. The van der Waals surface area contributed by atoms with Gasteiger partial charge in [0.2, 0.25) is 5.91 Å². The lowest BCUT2D eigenvalue weighted by Crippen LogP contribution is -2.59. The first-order chi connectivity index (χ1) is 14.4. The Morgan fingerprint density at radius 3 is 2.33 bits per heavy atom. The number of amides is 3. The maximum Gasteiger partial charge on any atom is 0.312 e. The van der Waals surface area contributed by atoms with E-state index in [1.165, 1.54) is 21.9 Å². The average Bonchev–Trinajstić information content (AvgIpc) is 2.75. The van der Waals surface area contributed by atoms with Crippen molar-refractivity contribution in [1.82, 2.24) is 9.80 Å². The Labute approximate surface area is 174 Å². The molecule has 1 fully saturated rings. The quantitative estimate of drug-likeness (QED) is 0.707. The second-order valence-corrected chi connectivity index (χ2v) is 6.99. The van der Waals surface area contributed by atoms with Gasteiger partial charge >= 0.3 is 11.8 Å². The molecule has 1 atom stereocenters. The molecule has 1 saturated heterocycles. The lowest BCUT2D eigenvalue weighted by Gasteiger charge is -2.37. The number of nitrogens with one attached hydrogen (secondary N) is 1. The summed E-state index contributed by atoms with van der Waals surface area (Å²) in [6, 6.07) is 11.9. The molecule has 1 aliphatic heterocycles. The number of benzene rings is 2. The fourth-order valence-electron chi connectivity index (χ4n) is 3.40. The number of hydrogen-bond acceptors (Lipinski definition) is 4. The van der Waals surface area contributed by atoms with Crippen molar-refractivity contribution in [2.24, 2.45) is 0 Å². The molecule has 0 radical (unpaired) electrons. The number of rotatable bonds is 7. The zero-order valence-corrected chi connectivity index (χ0v) is 16.9. The van der Waals surface area contributed by atoms with Crippen LogP contribution in [0.15, 0.2) is 48.5 Å². The number of hydrogen-bond donors (Lipinski definition) is 1. The van der Waals surface area contributed by atoms with E-state index in [1.54, 1.807) is 50.4 Å². The number of carbonyl (C=O) groups excluding carboxylic acids is 3. The molecule has 0 bridgehead atoms. The zero-order chi connectivity index (χ0) is 21.7. The number of ether oxygens (including phenoxy) is 1. The van der Waals surface area contributed by atoms with Crippen LogP contribution in [0.5, 0.6) is 5.75 Å². The third kappa shape index (κ3) is 4.76. The molecule has 158 valence electrons. The first-order valence-electron chi connectivity index (χ1n) is 9.72. The van der Waals surface area contributed by atoms with Crippen LogP contribution in [0.25, 0.3) is 0 Å². The third-order valence-electron chi connectivity index (χ3n) is 5.05. The molecule has 0 saturated carbocycles. The summed E-state index contributed by atoms with van der Waals surface area (Å²) in [6.45, 7) is 2.56. The summed E-state index contributed by atoms with van der Waals surface area (Å²) in [7, 11) is 1.55. The molecule has 7 nitrogen and oxygen atoms in total. The van der Waals surface area contributed by atoms with E-state index in [-0.39, 0.29) is 24.8 Å². The highest BCUT2D eigenvalue weighted by atomic mass is 19.1. The molecular formula is C22H24FN3O4. The van der Waals surface area contributed by atoms with E-state index in [0.717, 1.165) is 5.56 Å². The average molecular weight is 413 g/mol. The van der Waals surface area contributed by atoms with Crippen molar-refractivity contribution in [3.8, 4) is 5.75 Å². The Hall–Kier alpha value is -3.42. The Morgan fingerprint density at radius 1 is 1.07 bits per heavy atom. The number of anilines is 1. The second kappa shape index (κ2) is 9.39. The van der Waals surface area contributed by atoms with Gasteiger partial charge < -0.3 is 19.9 Å². The van der Waals surface area contributed by atoms with Crippen LogP contribution in [0.2, 0.25) is 0 Å². The van der Waals surface area contributed by atoms with Crippen LogP contribution in [-0.4, -0.2) is 53.8 Å². The summed E-state index contributed by atoms with van der Waals surface area (Å²) >= 11 is 0. The van der Waals surface area contributed by atoms with Gasteiger partial charge in [0.1, 0.15) is 17.6 Å². The van der Waals surface area contributed by atoms with Crippen LogP contribution in [0.3, 0.4) is 0 Å². The number of halogens is 1. The monoisotopic (exact) mass is 413 g/mol. The number of carbonyl (C=O) groups is 3. The van der Waals surface area contributed by atoms with Crippen molar-refractivity contribution in [2.45, 2.75) is 25.9 Å². The van der Waals surface area contributed by atoms with E-state index in [9.17, 15) is 18.8 Å². The van der Waals surface area contributed by atoms with Crippen molar-refractivity contribution >= 4 is 23.4 Å². The van der Waals surface area contributed by atoms with Gasteiger partial charge in [-0.05, 0) is 48.4 Å². The van der Waals surface area contributed by atoms with Gasteiger partial charge in [-0.1, -0.05) is 19.1 Å². The Morgan fingerprint density at radius 2 is 1.73 bits per heavy atom. The fourth-order valence-corrected chi connectivity index (χ4v) is 3.40. The maximum atomic E-state index is 13.1. The fraction of sp³-hybridized carbons (Fsp3) is 0.318. The van der Waals surface area contributed by atoms with Crippen LogP contribution in [0.1, 0.15) is 18.9 Å². The molecule has 2 aromatic carbocycles. The first kappa shape index (κ1) is 21.3. The van der Waals surface area contributed by atoms with Crippen molar-refractivity contribution < 1.29 is 23.5 Å². The standard InChI is InChI=1S/C22H24FN3O4/c1-3-19(20(27)24-17-8-10-18(30-2)11-9-17)26-13-12-25(21(28)22(26)29)14-15-4-6-16(23)7-5-15/h4-11,19H,3,12-14H2,1-2H3,(H,24,27)/t19-/m0/s1. The minimum Gasteiger partial charge on any atom is -0.497 e. The van der Waals surface area contributed by atoms with Gasteiger partial charge in [-0.25, -0.2) is 4.39 Å². The van der Waals surface area contributed by atoms with E-state index < -0.39 is 17.9 Å². The van der Waals surface area contributed by atoms with E-state index in [0.29, 0.717) is 24.4 Å². The predicted octanol–water partition coefficient (Wildman–Crippen LogP) is 2.42. The number of methoxy groups -OCH3 is 1. The van der Waals surface area contributed by atoms with E-state index >= 15 is 0 Å². The smallest absolute Gasteiger partial charge is 0.312 e. The van der Waals surface area contributed by atoms with Gasteiger partial charge in [0.05, 0.1) is 7.11 Å². The van der Waals surface area contributed by atoms with Gasteiger partial charge in [-0.15, -0.1) is 0 Å². The normalized spacial score (nSPS) is 15.2. The lowest BCUT2D eigenvalue weighted by molar-refractivity contribution is -0.159. The SMILES string of the molecule is CC[C@@H](C(=O)Nc1ccc(OC)cc1)N1CCN(Cc2ccc(F)cc2)C(=O)C1=O. The van der Waals surface area contributed by atoms with Gasteiger partial charge in [-0.3, -0.25) is 14.4 Å². The van der Waals surface area contributed by atoms with Gasteiger partial charge in [0, 0.05) is 25.3 Å². The van der Waals surface area contributed by atoms with Gasteiger partial charge in [0.15, 0.2) is 0 Å². The molecule has 1 N–H and O–H groups in total. The van der Waals surface area contributed by atoms with Crippen LogP contribution in [0.4, 0.5) is 10.1 Å². The molecule has 3 amide bonds. The van der Waals surface area contributed by atoms with Crippen LogP contribution in [0, 0.1) is 5.82 Å². The van der Waals surface area contributed by atoms with Crippen LogP contribution >= 0.6 is 0 Å². The molecular weight excluding hydrogens is 389 g/mol. The zero-order valence-electron chi connectivity index (χ0n) is 16.9. The van der Waals surface area contributed by atoms with Crippen LogP contribution < -0.4 is 10.1 Å². The topological polar surface area (TPSA) is 79.0 Å². The summed E-state index contributed by atoms with van der Waals surface area (Å²) < 4.78 is 18.2. The van der Waals surface area contributed by atoms with E-state index in [2.05, 4.69) is 5.32 Å². The summed E-state index contributed by atoms with van der Waals surface area (Å²) in [4.78, 5) is 40.8. The van der Waals surface area contributed by atoms with Gasteiger partial charge in [0.25, 0.3) is 0 Å². The molecule has 0 aliphatic carbocycles. The first-order valence-corrected chi connectivity index (χ1v) is 9.72. The highest BCUT2D eigenvalue weighted by molar-refractivity contribution is 6.35.